The van der Waals surface area contributed by atoms with Gasteiger partial charge in [0, 0.05) is 10.4 Å². The highest BCUT2D eigenvalue weighted by Gasteiger charge is 2.16. The molecule has 1 aromatic heterocycles. The summed E-state index contributed by atoms with van der Waals surface area (Å²) in [6.07, 6.45) is 0.851. The molecule has 1 aromatic carbocycles. The molecule has 2 aromatic rings. The number of hydrogen-bond acceptors (Lipinski definition) is 3. The zero-order chi connectivity index (χ0) is 13.8. The fraction of sp³-hybridized carbons (Fsp3) is 0.267. The summed E-state index contributed by atoms with van der Waals surface area (Å²) in [6.45, 7) is 3.87. The van der Waals surface area contributed by atoms with E-state index >= 15 is 0 Å². The van der Waals surface area contributed by atoms with Crippen LogP contribution in [0.5, 0.6) is 5.75 Å². The number of thiophene rings is 1. The number of aromatic hydroxyl groups is 1. The van der Waals surface area contributed by atoms with Crippen LogP contribution in [0.3, 0.4) is 0 Å². The maximum atomic E-state index is 12.3. The van der Waals surface area contributed by atoms with Crippen LogP contribution in [0.25, 0.3) is 0 Å². The Labute approximate surface area is 116 Å². The molecule has 2 rings (SSSR count). The number of carbonyl (C=O) groups excluding carboxylic acids is 1. The first-order valence-electron chi connectivity index (χ1n) is 6.25. The summed E-state index contributed by atoms with van der Waals surface area (Å²) in [5, 5.41) is 14.4. The van der Waals surface area contributed by atoms with Gasteiger partial charge >= 0.3 is 0 Å². The molecule has 3 nitrogen and oxygen atoms in total. The first-order chi connectivity index (χ1) is 9.11. The zero-order valence-corrected chi connectivity index (χ0v) is 11.8. The van der Waals surface area contributed by atoms with Crippen LogP contribution in [0, 0.1) is 6.92 Å². The van der Waals surface area contributed by atoms with Gasteiger partial charge in [-0.1, -0.05) is 13.0 Å². The fourth-order valence-electron chi connectivity index (χ4n) is 2.00. The minimum atomic E-state index is -0.0993. The van der Waals surface area contributed by atoms with Crippen LogP contribution in [0.4, 0.5) is 0 Å². The molecule has 0 aliphatic carbocycles. The van der Waals surface area contributed by atoms with Gasteiger partial charge in [-0.2, -0.15) is 0 Å². The highest BCUT2D eigenvalue weighted by molar-refractivity contribution is 7.10. The van der Waals surface area contributed by atoms with Crippen LogP contribution in [-0.2, 0) is 0 Å². The third kappa shape index (κ3) is 3.15. The van der Waals surface area contributed by atoms with Gasteiger partial charge in [-0.15, -0.1) is 11.3 Å². The Morgan fingerprint density at radius 2 is 2.21 bits per heavy atom. The lowest BCUT2D eigenvalue weighted by molar-refractivity contribution is 0.0935. The Hall–Kier alpha value is -1.81. The molecule has 1 atom stereocenters. The van der Waals surface area contributed by atoms with Crippen LogP contribution in [-0.4, -0.2) is 11.0 Å². The van der Waals surface area contributed by atoms with Crippen molar-refractivity contribution >= 4 is 17.2 Å². The molecule has 1 amide bonds. The first-order valence-corrected chi connectivity index (χ1v) is 7.13. The van der Waals surface area contributed by atoms with E-state index in [9.17, 15) is 9.90 Å². The summed E-state index contributed by atoms with van der Waals surface area (Å²) in [7, 11) is 0. The van der Waals surface area contributed by atoms with Gasteiger partial charge in [0.2, 0.25) is 0 Å². The molecule has 0 bridgehead atoms. The normalized spacial score (nSPS) is 12.1. The number of carbonyl (C=O) groups is 1. The fourth-order valence-corrected chi connectivity index (χ4v) is 2.86. The summed E-state index contributed by atoms with van der Waals surface area (Å²) in [5.74, 6) is 0.0806. The van der Waals surface area contributed by atoms with Gasteiger partial charge in [-0.25, -0.2) is 0 Å². The van der Waals surface area contributed by atoms with Crippen LogP contribution in [0.1, 0.15) is 40.2 Å². The summed E-state index contributed by atoms with van der Waals surface area (Å²) in [4.78, 5) is 13.4. The second-order valence-electron chi connectivity index (χ2n) is 4.45. The largest absolute Gasteiger partial charge is 0.508 e. The van der Waals surface area contributed by atoms with Crippen LogP contribution in [0.15, 0.2) is 35.7 Å². The van der Waals surface area contributed by atoms with Crippen molar-refractivity contribution in [3.05, 3.63) is 51.7 Å². The molecule has 0 aliphatic heterocycles. The molecular weight excluding hydrogens is 258 g/mol. The summed E-state index contributed by atoms with van der Waals surface area (Å²) in [5.41, 5.74) is 1.38. The summed E-state index contributed by atoms with van der Waals surface area (Å²) >= 11 is 1.64. The van der Waals surface area contributed by atoms with E-state index in [1.54, 1.807) is 23.5 Å². The average Bonchev–Trinajstić information content (AvgIpc) is 2.89. The van der Waals surface area contributed by atoms with Gasteiger partial charge in [0.25, 0.3) is 5.91 Å². The van der Waals surface area contributed by atoms with Crippen LogP contribution >= 0.6 is 11.3 Å². The van der Waals surface area contributed by atoms with Crippen molar-refractivity contribution in [3.8, 4) is 5.75 Å². The smallest absolute Gasteiger partial charge is 0.252 e. The molecule has 0 saturated heterocycles. The SMILES string of the molecule is CCC(NC(=O)c1ccc(O)cc1C)c1cccs1. The minimum Gasteiger partial charge on any atom is -0.508 e. The lowest BCUT2D eigenvalue weighted by Crippen LogP contribution is -2.28. The number of phenolic OH excluding ortho intramolecular Hbond substituents is 1. The van der Waals surface area contributed by atoms with E-state index in [2.05, 4.69) is 5.32 Å². The van der Waals surface area contributed by atoms with Crippen molar-refractivity contribution in [1.29, 1.82) is 0 Å². The van der Waals surface area contributed by atoms with Crippen molar-refractivity contribution in [1.82, 2.24) is 5.32 Å². The Bertz CT molecular complexity index is 564. The number of benzene rings is 1. The molecule has 2 N–H and O–H groups in total. The average molecular weight is 275 g/mol. The quantitative estimate of drug-likeness (QED) is 0.895. The predicted molar refractivity (Wildman–Crippen MR) is 77.7 cm³/mol. The Morgan fingerprint density at radius 3 is 2.79 bits per heavy atom. The number of nitrogens with one attached hydrogen (secondary N) is 1. The molecule has 100 valence electrons. The Kier molecular flexibility index (Phi) is 4.22. The number of hydrogen-bond donors (Lipinski definition) is 2. The van der Waals surface area contributed by atoms with Gasteiger partial charge in [-0.3, -0.25) is 4.79 Å². The Balaban J connectivity index is 2.16. The standard InChI is InChI=1S/C15H17NO2S/c1-3-13(14-5-4-8-19-14)16-15(18)12-7-6-11(17)9-10(12)2/h4-9,13,17H,3H2,1-2H3,(H,16,18). The molecule has 1 unspecified atom stereocenters. The molecule has 0 fully saturated rings. The third-order valence-corrected chi connectivity index (χ3v) is 4.04. The highest BCUT2D eigenvalue weighted by atomic mass is 32.1. The number of amides is 1. The van der Waals surface area contributed by atoms with Crippen molar-refractivity contribution in [2.75, 3.05) is 0 Å². The maximum Gasteiger partial charge on any atom is 0.252 e. The van der Waals surface area contributed by atoms with Gasteiger partial charge in [0.15, 0.2) is 0 Å². The molecule has 19 heavy (non-hydrogen) atoms. The van der Waals surface area contributed by atoms with Gasteiger partial charge in [-0.05, 0) is 48.6 Å². The molecule has 0 aliphatic rings. The third-order valence-electron chi connectivity index (χ3n) is 3.05. The molecule has 0 spiro atoms. The van der Waals surface area contributed by atoms with Gasteiger partial charge in [0.1, 0.15) is 5.75 Å². The topological polar surface area (TPSA) is 49.3 Å². The summed E-state index contributed by atoms with van der Waals surface area (Å²) < 4.78 is 0. The second-order valence-corrected chi connectivity index (χ2v) is 5.43. The van der Waals surface area contributed by atoms with Crippen molar-refractivity contribution in [3.63, 3.8) is 0 Å². The lowest BCUT2D eigenvalue weighted by atomic mass is 10.1. The van der Waals surface area contributed by atoms with E-state index in [1.807, 2.05) is 31.4 Å². The van der Waals surface area contributed by atoms with E-state index in [0.29, 0.717) is 5.56 Å². The molecular formula is C15H17NO2S. The summed E-state index contributed by atoms with van der Waals surface area (Å²) in [6, 6.07) is 8.85. The molecule has 1 heterocycles. The monoisotopic (exact) mass is 275 g/mol. The minimum absolute atomic E-state index is 0.0423. The van der Waals surface area contributed by atoms with Crippen molar-refractivity contribution in [2.45, 2.75) is 26.3 Å². The van der Waals surface area contributed by atoms with E-state index < -0.39 is 0 Å². The number of phenols is 1. The van der Waals surface area contributed by atoms with Crippen LogP contribution < -0.4 is 5.32 Å². The predicted octanol–water partition coefficient (Wildman–Crippen LogP) is 3.64. The number of rotatable bonds is 4. The van der Waals surface area contributed by atoms with E-state index in [-0.39, 0.29) is 17.7 Å². The molecule has 4 heteroatoms. The highest BCUT2D eigenvalue weighted by Crippen LogP contribution is 2.23. The van der Waals surface area contributed by atoms with Crippen molar-refractivity contribution < 1.29 is 9.90 Å². The van der Waals surface area contributed by atoms with E-state index in [1.165, 1.54) is 6.07 Å². The van der Waals surface area contributed by atoms with E-state index in [4.69, 9.17) is 0 Å². The lowest BCUT2D eigenvalue weighted by Gasteiger charge is -2.16. The van der Waals surface area contributed by atoms with E-state index in [0.717, 1.165) is 16.9 Å². The first kappa shape index (κ1) is 13.6. The zero-order valence-electron chi connectivity index (χ0n) is 11.0. The molecule has 0 saturated carbocycles. The van der Waals surface area contributed by atoms with Gasteiger partial charge < -0.3 is 10.4 Å². The maximum absolute atomic E-state index is 12.3. The Morgan fingerprint density at radius 1 is 1.42 bits per heavy atom. The van der Waals surface area contributed by atoms with Gasteiger partial charge in [0.05, 0.1) is 6.04 Å². The number of aryl methyl sites for hydroxylation is 1. The second kappa shape index (κ2) is 5.89. The van der Waals surface area contributed by atoms with Crippen molar-refractivity contribution in [2.24, 2.45) is 0 Å². The molecule has 0 radical (unpaired) electrons. The van der Waals surface area contributed by atoms with Crippen LogP contribution in [0.2, 0.25) is 0 Å².